The first-order valence-corrected chi connectivity index (χ1v) is 8.84. The number of carbonyl (C=O) groups is 2. The molecule has 0 aromatic heterocycles. The molecule has 1 aromatic rings. The van der Waals surface area contributed by atoms with Crippen LogP contribution in [0.2, 0.25) is 0 Å². The minimum Gasteiger partial charge on any atom is -0.302 e. The first-order chi connectivity index (χ1) is 12.6. The molecule has 0 radical (unpaired) electrons. The summed E-state index contributed by atoms with van der Waals surface area (Å²) in [5, 5.41) is 8.94. The molecule has 3 saturated heterocycles. The van der Waals surface area contributed by atoms with E-state index in [2.05, 4.69) is 4.90 Å². The third kappa shape index (κ3) is 2.48. The van der Waals surface area contributed by atoms with Gasteiger partial charge in [-0.3, -0.25) is 9.59 Å². The number of nitriles is 1. The van der Waals surface area contributed by atoms with E-state index < -0.39 is 41.0 Å². The molecule has 3 aliphatic heterocycles. The SMILES string of the molecule is CC1CC2CN(C)C1[C@H]1C(=O)N(c3ccc(C#N)c(C(F)(F)F)c3)C(=O)[C@@H]21. The van der Waals surface area contributed by atoms with Gasteiger partial charge < -0.3 is 4.90 Å². The Labute approximate surface area is 154 Å². The highest BCUT2D eigenvalue weighted by Crippen LogP contribution is 2.51. The summed E-state index contributed by atoms with van der Waals surface area (Å²) in [5.74, 6) is -1.57. The van der Waals surface area contributed by atoms with Crippen LogP contribution in [-0.4, -0.2) is 36.3 Å². The monoisotopic (exact) mass is 377 g/mol. The molecule has 3 unspecified atom stereocenters. The normalized spacial score (nSPS) is 33.3. The van der Waals surface area contributed by atoms with E-state index >= 15 is 0 Å². The summed E-state index contributed by atoms with van der Waals surface area (Å²) in [7, 11) is 1.92. The van der Waals surface area contributed by atoms with Gasteiger partial charge in [-0.25, -0.2) is 4.90 Å². The largest absolute Gasteiger partial charge is 0.417 e. The number of anilines is 1. The van der Waals surface area contributed by atoms with E-state index in [9.17, 15) is 22.8 Å². The van der Waals surface area contributed by atoms with Crippen LogP contribution in [0, 0.1) is 35.0 Å². The van der Waals surface area contributed by atoms with Gasteiger partial charge in [-0.1, -0.05) is 6.92 Å². The third-order valence-electron chi connectivity index (χ3n) is 6.25. The molecule has 3 heterocycles. The topological polar surface area (TPSA) is 64.4 Å². The van der Waals surface area contributed by atoms with Crippen molar-refractivity contribution in [2.24, 2.45) is 23.7 Å². The summed E-state index contributed by atoms with van der Waals surface area (Å²) in [5.41, 5.74) is -1.77. The molecule has 1 aliphatic carbocycles. The fraction of sp³-hybridized carbons (Fsp3) is 0.526. The van der Waals surface area contributed by atoms with Gasteiger partial charge in [0.25, 0.3) is 0 Å². The second-order valence-electron chi connectivity index (χ2n) is 7.81. The van der Waals surface area contributed by atoms with Gasteiger partial charge in [0, 0.05) is 12.6 Å². The molecule has 2 bridgehead atoms. The summed E-state index contributed by atoms with van der Waals surface area (Å²) in [6, 6.07) is 4.43. The number of benzene rings is 1. The van der Waals surface area contributed by atoms with Crippen LogP contribution in [0.1, 0.15) is 24.5 Å². The van der Waals surface area contributed by atoms with Crippen LogP contribution in [-0.2, 0) is 15.8 Å². The zero-order valence-corrected chi connectivity index (χ0v) is 14.8. The third-order valence-corrected chi connectivity index (χ3v) is 6.25. The number of carbonyl (C=O) groups excluding carboxylic acids is 2. The lowest BCUT2D eigenvalue weighted by Gasteiger charge is -2.52. The zero-order chi connectivity index (χ0) is 19.7. The Kier molecular flexibility index (Phi) is 3.86. The maximum atomic E-state index is 13.3. The Morgan fingerprint density at radius 3 is 2.44 bits per heavy atom. The van der Waals surface area contributed by atoms with E-state index in [1.807, 2.05) is 14.0 Å². The van der Waals surface area contributed by atoms with Gasteiger partial charge in [-0.05, 0) is 43.5 Å². The molecule has 0 N–H and O–H groups in total. The molecule has 5 rings (SSSR count). The van der Waals surface area contributed by atoms with Crippen molar-refractivity contribution in [2.75, 3.05) is 18.5 Å². The maximum Gasteiger partial charge on any atom is 0.417 e. The highest BCUT2D eigenvalue weighted by Gasteiger charge is 2.61. The van der Waals surface area contributed by atoms with Gasteiger partial charge in [0.15, 0.2) is 0 Å². The van der Waals surface area contributed by atoms with Crippen LogP contribution < -0.4 is 4.90 Å². The van der Waals surface area contributed by atoms with Crippen molar-refractivity contribution in [3.05, 3.63) is 29.3 Å². The predicted octanol–water partition coefficient (Wildman–Crippen LogP) is 2.65. The Bertz CT molecular complexity index is 864. The predicted molar refractivity (Wildman–Crippen MR) is 89.3 cm³/mol. The average molecular weight is 377 g/mol. The molecule has 5 atom stereocenters. The van der Waals surface area contributed by atoms with Crippen LogP contribution in [0.15, 0.2) is 18.2 Å². The molecule has 1 saturated carbocycles. The summed E-state index contributed by atoms with van der Waals surface area (Å²) < 4.78 is 39.8. The van der Waals surface area contributed by atoms with Crippen molar-refractivity contribution in [3.63, 3.8) is 0 Å². The minimum atomic E-state index is -4.74. The van der Waals surface area contributed by atoms with Gasteiger partial charge in [0.2, 0.25) is 11.8 Å². The quantitative estimate of drug-likeness (QED) is 0.706. The summed E-state index contributed by atoms with van der Waals surface area (Å²) in [6.45, 7) is 2.76. The van der Waals surface area contributed by atoms with Crippen molar-refractivity contribution in [2.45, 2.75) is 25.6 Å². The van der Waals surface area contributed by atoms with Crippen molar-refractivity contribution in [1.29, 1.82) is 5.26 Å². The molecular formula is C19H18F3N3O2. The fourth-order valence-corrected chi connectivity index (χ4v) is 5.33. The van der Waals surface area contributed by atoms with Crippen LogP contribution in [0.5, 0.6) is 0 Å². The number of nitrogens with zero attached hydrogens (tertiary/aromatic N) is 3. The number of hydrogen-bond donors (Lipinski definition) is 0. The molecule has 27 heavy (non-hydrogen) atoms. The van der Waals surface area contributed by atoms with Crippen LogP contribution in [0.25, 0.3) is 0 Å². The van der Waals surface area contributed by atoms with Gasteiger partial charge in [-0.2, -0.15) is 18.4 Å². The number of hydrogen-bond acceptors (Lipinski definition) is 4. The maximum absolute atomic E-state index is 13.3. The van der Waals surface area contributed by atoms with Crippen LogP contribution in [0.4, 0.5) is 18.9 Å². The number of piperidine rings is 2. The Morgan fingerprint density at radius 2 is 1.85 bits per heavy atom. The highest BCUT2D eigenvalue weighted by atomic mass is 19.4. The number of rotatable bonds is 1. The fourth-order valence-electron chi connectivity index (χ4n) is 5.33. The van der Waals surface area contributed by atoms with Gasteiger partial charge >= 0.3 is 6.18 Å². The van der Waals surface area contributed by atoms with Gasteiger partial charge in [0.05, 0.1) is 34.7 Å². The molecule has 5 nitrogen and oxygen atoms in total. The minimum absolute atomic E-state index is 0.0296. The van der Waals surface area contributed by atoms with Crippen molar-refractivity contribution >= 4 is 17.5 Å². The van der Waals surface area contributed by atoms with Crippen molar-refractivity contribution < 1.29 is 22.8 Å². The van der Waals surface area contributed by atoms with Crippen molar-refractivity contribution in [3.8, 4) is 6.07 Å². The zero-order valence-electron chi connectivity index (χ0n) is 14.8. The molecule has 142 valence electrons. The molecule has 4 aliphatic rings. The first kappa shape index (κ1) is 18.0. The Balaban J connectivity index is 1.78. The average Bonchev–Trinajstić information content (AvgIpc) is 2.85. The van der Waals surface area contributed by atoms with E-state index in [0.717, 1.165) is 23.5 Å². The van der Waals surface area contributed by atoms with Gasteiger partial charge in [0.1, 0.15) is 0 Å². The van der Waals surface area contributed by atoms with Gasteiger partial charge in [-0.15, -0.1) is 0 Å². The Hall–Kier alpha value is -2.40. The lowest BCUT2D eigenvalue weighted by atomic mass is 9.62. The number of amides is 2. The second kappa shape index (κ2) is 5.80. The van der Waals surface area contributed by atoms with E-state index in [1.54, 1.807) is 0 Å². The number of alkyl halides is 3. The molecule has 1 aromatic carbocycles. The second-order valence-corrected chi connectivity index (χ2v) is 7.81. The molecule has 2 amide bonds. The summed E-state index contributed by atoms with van der Waals surface area (Å²) >= 11 is 0. The lowest BCUT2D eigenvalue weighted by Crippen LogP contribution is -2.60. The summed E-state index contributed by atoms with van der Waals surface area (Å²) in [4.78, 5) is 29.1. The molecule has 4 fully saturated rings. The van der Waals surface area contributed by atoms with E-state index in [0.29, 0.717) is 6.54 Å². The van der Waals surface area contributed by atoms with Crippen molar-refractivity contribution in [1.82, 2.24) is 4.90 Å². The number of halogens is 3. The van der Waals surface area contributed by atoms with E-state index in [1.165, 1.54) is 12.1 Å². The standard InChI is InChI=1S/C19H18F3N3O2/c1-9-5-11-8-24(2)16(9)15-14(11)17(26)25(18(15)27)12-4-3-10(7-23)13(6-12)19(20,21)22/h3-4,6,9,11,14-16H,5,8H2,1-2H3/t9?,11?,14-,15-,16?/m0/s1. The Morgan fingerprint density at radius 1 is 1.19 bits per heavy atom. The van der Waals surface area contributed by atoms with E-state index in [4.69, 9.17) is 5.26 Å². The highest BCUT2D eigenvalue weighted by molar-refractivity contribution is 6.22. The number of fused-ring (bicyclic) bond motifs is 2. The smallest absolute Gasteiger partial charge is 0.302 e. The first-order valence-electron chi connectivity index (χ1n) is 8.84. The number of imide groups is 1. The molecule has 0 spiro atoms. The lowest BCUT2D eigenvalue weighted by molar-refractivity contribution is -0.138. The van der Waals surface area contributed by atoms with E-state index in [-0.39, 0.29) is 23.6 Å². The molecular weight excluding hydrogens is 359 g/mol. The summed E-state index contributed by atoms with van der Waals surface area (Å²) in [6.07, 6.45) is -3.91. The molecule has 8 heteroatoms. The van der Waals surface area contributed by atoms with Crippen LogP contribution >= 0.6 is 0 Å². The van der Waals surface area contributed by atoms with Crippen LogP contribution in [0.3, 0.4) is 0 Å².